The summed E-state index contributed by atoms with van der Waals surface area (Å²) in [4.78, 5) is 0. The van der Waals surface area contributed by atoms with Crippen LogP contribution >= 0.6 is 0 Å². The first kappa shape index (κ1) is 17.1. The Kier molecular flexibility index (Phi) is 7.21. The number of rotatable bonds is 4. The molecule has 0 unspecified atom stereocenters. The van der Waals surface area contributed by atoms with Crippen LogP contribution in [0.25, 0.3) is 0 Å². The molecule has 15 heavy (non-hydrogen) atoms. The first-order valence-corrected chi connectivity index (χ1v) is 5.48. The molecule has 0 fully saturated rings. The van der Waals surface area contributed by atoms with Gasteiger partial charge in [0.05, 0.1) is 11.7 Å². The summed E-state index contributed by atoms with van der Waals surface area (Å²) in [6.45, 7) is 15.1. The van der Waals surface area contributed by atoms with Crippen LogP contribution in [0.1, 0.15) is 62.3 Å². The fraction of sp³-hybridized carbons (Fsp3) is 0.857. The first-order valence-electron chi connectivity index (χ1n) is 5.48. The van der Waals surface area contributed by atoms with Crippen LogP contribution in [0.4, 0.5) is 0 Å². The maximum absolute atomic E-state index is 5.80. The Hall–Kier alpha value is -0.300. The second kappa shape index (κ2) is 6.32. The second-order valence-corrected chi connectivity index (χ2v) is 5.90. The lowest BCUT2D eigenvalue weighted by Gasteiger charge is -2.27. The quantitative estimate of drug-likeness (QED) is 0.610. The minimum absolute atomic E-state index is 0. The molecule has 1 heteroatoms. The molecule has 0 saturated carbocycles. The van der Waals surface area contributed by atoms with E-state index in [2.05, 4.69) is 60.6 Å². The summed E-state index contributed by atoms with van der Waals surface area (Å²) in [7, 11) is 0. The van der Waals surface area contributed by atoms with Gasteiger partial charge in [-0.3, -0.25) is 0 Å². The van der Waals surface area contributed by atoms with E-state index < -0.39 is 0 Å². The lowest BCUT2D eigenvalue weighted by atomic mass is 9.94. The fourth-order valence-corrected chi connectivity index (χ4v) is 1.38. The van der Waals surface area contributed by atoms with E-state index in [0.29, 0.717) is 6.10 Å². The van der Waals surface area contributed by atoms with Crippen LogP contribution in [0, 0.1) is 5.41 Å². The van der Waals surface area contributed by atoms with Crippen molar-refractivity contribution in [2.75, 3.05) is 0 Å². The van der Waals surface area contributed by atoms with Crippen molar-refractivity contribution in [3.05, 3.63) is 12.2 Å². The maximum Gasteiger partial charge on any atom is 0.0664 e. The van der Waals surface area contributed by atoms with Crippen molar-refractivity contribution < 1.29 is 4.74 Å². The van der Waals surface area contributed by atoms with Gasteiger partial charge in [0.15, 0.2) is 0 Å². The van der Waals surface area contributed by atoms with Gasteiger partial charge in [0.25, 0.3) is 0 Å². The third-order valence-corrected chi connectivity index (χ3v) is 1.78. The van der Waals surface area contributed by atoms with Crippen molar-refractivity contribution in [1.82, 2.24) is 0 Å². The van der Waals surface area contributed by atoms with Crippen molar-refractivity contribution >= 4 is 0 Å². The van der Waals surface area contributed by atoms with Crippen LogP contribution < -0.4 is 0 Å². The summed E-state index contributed by atoms with van der Waals surface area (Å²) >= 11 is 0. The zero-order valence-corrected chi connectivity index (χ0v) is 10.8. The lowest BCUT2D eigenvalue weighted by molar-refractivity contribution is -0.0531. The minimum Gasteiger partial charge on any atom is -0.373 e. The van der Waals surface area contributed by atoms with Crippen LogP contribution in [-0.4, -0.2) is 11.7 Å². The largest absolute Gasteiger partial charge is 0.373 e. The Bertz CT molecular complexity index is 182. The van der Waals surface area contributed by atoms with Gasteiger partial charge in [0, 0.05) is 0 Å². The summed E-state index contributed by atoms with van der Waals surface area (Å²) < 4.78 is 5.80. The molecule has 0 amide bonds. The molecular formula is C14H30O. The number of hydrogen-bond acceptors (Lipinski definition) is 1. The predicted molar refractivity (Wildman–Crippen MR) is 70.2 cm³/mol. The number of allylic oxidation sites excluding steroid dienone is 1. The molecule has 0 heterocycles. The Morgan fingerprint density at radius 2 is 1.53 bits per heavy atom. The highest BCUT2D eigenvalue weighted by Gasteiger charge is 2.18. The van der Waals surface area contributed by atoms with Crippen molar-refractivity contribution in [2.45, 2.75) is 74.0 Å². The molecule has 0 rings (SSSR count). The molecule has 0 bridgehead atoms. The second-order valence-electron chi connectivity index (χ2n) is 5.90. The van der Waals surface area contributed by atoms with Crippen molar-refractivity contribution in [3.63, 3.8) is 0 Å². The van der Waals surface area contributed by atoms with Gasteiger partial charge in [-0.15, -0.1) is 0 Å². The van der Waals surface area contributed by atoms with Gasteiger partial charge in [0.2, 0.25) is 0 Å². The lowest BCUT2D eigenvalue weighted by Crippen LogP contribution is -2.27. The monoisotopic (exact) mass is 214 g/mol. The molecule has 0 aromatic heterocycles. The summed E-state index contributed by atoms with van der Waals surface area (Å²) in [5, 5.41) is 0. The smallest absolute Gasteiger partial charge is 0.0664 e. The van der Waals surface area contributed by atoms with E-state index in [1.807, 2.05) is 0 Å². The van der Waals surface area contributed by atoms with Crippen molar-refractivity contribution in [2.24, 2.45) is 5.41 Å². The number of hydrogen-bond donors (Lipinski definition) is 0. The Labute approximate surface area is 96.9 Å². The molecular weight excluding hydrogens is 184 g/mol. The molecule has 0 radical (unpaired) electrons. The van der Waals surface area contributed by atoms with Gasteiger partial charge < -0.3 is 4.74 Å². The van der Waals surface area contributed by atoms with Gasteiger partial charge in [-0.05, 0) is 39.5 Å². The molecule has 0 aliphatic carbocycles. The molecule has 0 aliphatic heterocycles. The standard InChI is InChI=1S/C13H26O.CH4/c1-11(2)14-13(6,7)10-8-9-12(3,4)5;/h8-9,11H,10H2,1-7H3;1H4/b9-8+;. The van der Waals surface area contributed by atoms with Crippen molar-refractivity contribution in [1.29, 1.82) is 0 Å². The average Bonchev–Trinajstić information content (AvgIpc) is 1.78. The molecule has 92 valence electrons. The zero-order chi connectivity index (χ0) is 11.4. The van der Waals surface area contributed by atoms with E-state index in [-0.39, 0.29) is 18.4 Å². The van der Waals surface area contributed by atoms with Gasteiger partial charge >= 0.3 is 0 Å². The van der Waals surface area contributed by atoms with E-state index in [1.54, 1.807) is 0 Å². The summed E-state index contributed by atoms with van der Waals surface area (Å²) in [6, 6.07) is 0. The normalized spacial score (nSPS) is 13.3. The highest BCUT2D eigenvalue weighted by Crippen LogP contribution is 2.20. The SMILES string of the molecule is C.CC(C)OC(C)(C)C/C=C/C(C)(C)C. The van der Waals surface area contributed by atoms with Gasteiger partial charge in [-0.25, -0.2) is 0 Å². The maximum atomic E-state index is 5.80. The minimum atomic E-state index is -0.0457. The molecule has 0 aromatic rings. The highest BCUT2D eigenvalue weighted by molar-refractivity contribution is 4.95. The van der Waals surface area contributed by atoms with Crippen LogP contribution in [0.3, 0.4) is 0 Å². The van der Waals surface area contributed by atoms with E-state index in [4.69, 9.17) is 4.74 Å². The summed E-state index contributed by atoms with van der Waals surface area (Å²) in [5.74, 6) is 0. The fourth-order valence-electron chi connectivity index (χ4n) is 1.38. The third-order valence-electron chi connectivity index (χ3n) is 1.78. The highest BCUT2D eigenvalue weighted by atomic mass is 16.5. The van der Waals surface area contributed by atoms with Gasteiger partial charge in [-0.1, -0.05) is 40.3 Å². The average molecular weight is 214 g/mol. The predicted octanol–water partition coefficient (Wildman–Crippen LogP) is 4.82. The Morgan fingerprint density at radius 3 is 1.87 bits per heavy atom. The van der Waals surface area contributed by atoms with E-state index in [9.17, 15) is 0 Å². The van der Waals surface area contributed by atoms with E-state index in [1.165, 1.54) is 0 Å². The van der Waals surface area contributed by atoms with Gasteiger partial charge in [0.1, 0.15) is 0 Å². The van der Waals surface area contributed by atoms with E-state index in [0.717, 1.165) is 6.42 Å². The molecule has 0 aromatic carbocycles. The van der Waals surface area contributed by atoms with Crippen LogP contribution in [0.15, 0.2) is 12.2 Å². The van der Waals surface area contributed by atoms with Crippen LogP contribution in [0.5, 0.6) is 0 Å². The zero-order valence-electron chi connectivity index (χ0n) is 10.8. The van der Waals surface area contributed by atoms with Gasteiger partial charge in [-0.2, -0.15) is 0 Å². The summed E-state index contributed by atoms with van der Waals surface area (Å²) in [6.07, 6.45) is 5.75. The molecule has 0 aliphatic rings. The molecule has 0 atom stereocenters. The van der Waals surface area contributed by atoms with E-state index >= 15 is 0 Å². The summed E-state index contributed by atoms with van der Waals surface area (Å²) in [5.41, 5.74) is 0.226. The molecule has 0 spiro atoms. The molecule has 0 saturated heterocycles. The topological polar surface area (TPSA) is 9.23 Å². The molecule has 1 nitrogen and oxygen atoms in total. The molecule has 0 N–H and O–H groups in total. The first-order chi connectivity index (χ1) is 6.12. The Morgan fingerprint density at radius 1 is 1.07 bits per heavy atom. The van der Waals surface area contributed by atoms with Crippen LogP contribution in [-0.2, 0) is 4.74 Å². The number of ether oxygens (including phenoxy) is 1. The third kappa shape index (κ3) is 11.6. The van der Waals surface area contributed by atoms with Crippen molar-refractivity contribution in [3.8, 4) is 0 Å². The van der Waals surface area contributed by atoms with Crippen LogP contribution in [0.2, 0.25) is 0 Å². The Balaban J connectivity index is 0.